The summed E-state index contributed by atoms with van der Waals surface area (Å²) in [6, 6.07) is 6.36. The van der Waals surface area contributed by atoms with Crippen LogP contribution in [0.3, 0.4) is 0 Å². The van der Waals surface area contributed by atoms with E-state index in [0.717, 1.165) is 51.4 Å². The number of non-ortho nitro benzene ring substituents is 1. The standard InChI is InChI=1S/C47H84N6O8.2CO2/c1-43(2,3)35-51(36-44(4,5)6)30-25-48-23-26-49(28-29-50(27-24-48)32-40(54)59-45(7,8)9)31-39(18-16-17-37-19-21-38(22-20-37)53(57)58)52(33-41(55)60-46(10,11)12)34-42(56)61-47(13,14)15;2*2-1-3/h19-22,39H,16-18,23-36H2,1-15H3;;. The minimum absolute atomic E-state index is 0.0430. The van der Waals surface area contributed by atoms with Crippen molar-refractivity contribution in [3.05, 3.63) is 39.9 Å². The van der Waals surface area contributed by atoms with Crippen molar-refractivity contribution in [2.24, 2.45) is 10.8 Å². The Balaban J connectivity index is 0.00000686. The fourth-order valence-corrected chi connectivity index (χ4v) is 7.55. The maximum Gasteiger partial charge on any atom is 0.373 e. The molecule has 0 radical (unpaired) electrons. The van der Waals surface area contributed by atoms with Gasteiger partial charge in [-0.2, -0.15) is 19.2 Å². The van der Waals surface area contributed by atoms with Crippen molar-refractivity contribution in [1.82, 2.24) is 24.5 Å². The molecule has 1 aliphatic heterocycles. The zero-order valence-electron chi connectivity index (χ0n) is 43.5. The fraction of sp³-hybridized carbons (Fsp3) is 0.776. The zero-order valence-corrected chi connectivity index (χ0v) is 43.5. The van der Waals surface area contributed by atoms with E-state index in [1.807, 2.05) is 67.2 Å². The molecule has 0 N–H and O–H groups in total. The van der Waals surface area contributed by atoms with Crippen LogP contribution in [0.25, 0.3) is 0 Å². The number of benzene rings is 1. The molecule has 1 fully saturated rings. The number of hydrogen-bond donors (Lipinski definition) is 0. The van der Waals surface area contributed by atoms with Crippen LogP contribution in [0.15, 0.2) is 24.3 Å². The van der Waals surface area contributed by atoms with Gasteiger partial charge in [-0.15, -0.1) is 0 Å². The molecule has 2 rings (SSSR count). The van der Waals surface area contributed by atoms with E-state index >= 15 is 0 Å². The van der Waals surface area contributed by atoms with Crippen LogP contribution in [0, 0.1) is 20.9 Å². The molecule has 0 saturated carbocycles. The fourth-order valence-electron chi connectivity index (χ4n) is 7.55. The Morgan fingerprint density at radius 3 is 1.42 bits per heavy atom. The molecule has 0 bridgehead atoms. The lowest BCUT2D eigenvalue weighted by Crippen LogP contribution is -2.51. The van der Waals surface area contributed by atoms with E-state index in [0.29, 0.717) is 45.4 Å². The number of nitro groups is 1. The van der Waals surface area contributed by atoms with Crippen LogP contribution in [0.1, 0.15) is 122 Å². The average Bonchev–Trinajstić information content (AvgIpc) is 3.21. The van der Waals surface area contributed by atoms with E-state index in [4.69, 9.17) is 33.4 Å². The highest BCUT2D eigenvalue weighted by molar-refractivity contribution is 5.75. The number of esters is 3. The van der Waals surface area contributed by atoms with Gasteiger partial charge in [-0.05, 0) is 98.0 Å². The van der Waals surface area contributed by atoms with Gasteiger partial charge in [0.25, 0.3) is 5.69 Å². The number of hydrogen-bond acceptors (Lipinski definition) is 17. The van der Waals surface area contributed by atoms with Gasteiger partial charge in [0.05, 0.1) is 24.6 Å². The molecule has 18 heteroatoms. The Morgan fingerprint density at radius 2 is 1.03 bits per heavy atom. The van der Waals surface area contributed by atoms with Crippen LogP contribution in [0.5, 0.6) is 0 Å². The van der Waals surface area contributed by atoms with Crippen LogP contribution in [-0.4, -0.2) is 174 Å². The van der Waals surface area contributed by atoms with Crippen LogP contribution >= 0.6 is 0 Å². The Labute approximate surface area is 400 Å². The number of ether oxygens (including phenoxy) is 3. The summed E-state index contributed by atoms with van der Waals surface area (Å²) in [7, 11) is 0. The highest BCUT2D eigenvalue weighted by Crippen LogP contribution is 2.22. The van der Waals surface area contributed by atoms with E-state index in [2.05, 4.69) is 61.1 Å². The Hall–Kier alpha value is -4.41. The summed E-state index contributed by atoms with van der Waals surface area (Å²) in [5.41, 5.74) is -0.697. The first kappa shape index (κ1) is 62.6. The summed E-state index contributed by atoms with van der Waals surface area (Å²) in [6.45, 7) is 39.0. The van der Waals surface area contributed by atoms with Gasteiger partial charge in [0.15, 0.2) is 0 Å². The largest absolute Gasteiger partial charge is 0.459 e. The molecular formula is C49H84N6O12. The topological polar surface area (TPSA) is 207 Å². The number of carbonyl (C=O) groups excluding carboxylic acids is 7. The van der Waals surface area contributed by atoms with Gasteiger partial charge < -0.3 is 19.1 Å². The van der Waals surface area contributed by atoms with E-state index < -0.39 is 33.7 Å². The average molecular weight is 949 g/mol. The lowest BCUT2D eigenvalue weighted by Gasteiger charge is -2.37. The lowest BCUT2D eigenvalue weighted by molar-refractivity contribution is -0.384. The van der Waals surface area contributed by atoms with Crippen LogP contribution < -0.4 is 0 Å². The molecule has 67 heavy (non-hydrogen) atoms. The van der Waals surface area contributed by atoms with Gasteiger partial charge >= 0.3 is 30.2 Å². The monoisotopic (exact) mass is 949 g/mol. The molecule has 1 atom stereocenters. The third-order valence-corrected chi connectivity index (χ3v) is 9.74. The minimum Gasteiger partial charge on any atom is -0.459 e. The van der Waals surface area contributed by atoms with Gasteiger partial charge in [0, 0.05) is 90.2 Å². The van der Waals surface area contributed by atoms with Crippen molar-refractivity contribution in [2.75, 3.05) is 91.6 Å². The number of aryl methyl sites for hydroxylation is 1. The zero-order chi connectivity index (χ0) is 51.8. The third-order valence-electron chi connectivity index (χ3n) is 9.74. The van der Waals surface area contributed by atoms with Crippen LogP contribution in [-0.2, 0) is 54.2 Å². The van der Waals surface area contributed by atoms with Crippen molar-refractivity contribution < 1.29 is 52.7 Å². The van der Waals surface area contributed by atoms with Gasteiger partial charge in [-0.3, -0.25) is 44.1 Å². The number of nitro benzene ring substituents is 1. The molecule has 1 aromatic rings. The highest BCUT2D eigenvalue weighted by atomic mass is 16.6. The van der Waals surface area contributed by atoms with E-state index in [1.54, 1.807) is 12.1 Å². The smallest absolute Gasteiger partial charge is 0.373 e. The molecule has 1 aromatic carbocycles. The second kappa shape index (κ2) is 29.5. The van der Waals surface area contributed by atoms with E-state index in [1.165, 1.54) is 12.1 Å². The van der Waals surface area contributed by atoms with Gasteiger partial charge in [0.1, 0.15) is 16.8 Å². The van der Waals surface area contributed by atoms with E-state index in [9.17, 15) is 24.5 Å². The summed E-state index contributed by atoms with van der Waals surface area (Å²) in [4.78, 5) is 95.2. The molecule has 1 saturated heterocycles. The summed E-state index contributed by atoms with van der Waals surface area (Å²) in [5, 5.41) is 11.3. The Bertz CT molecular complexity index is 1650. The predicted molar refractivity (Wildman–Crippen MR) is 254 cm³/mol. The quantitative estimate of drug-likeness (QED) is 0.0699. The van der Waals surface area contributed by atoms with Gasteiger partial charge in [-0.1, -0.05) is 53.7 Å². The van der Waals surface area contributed by atoms with Crippen molar-refractivity contribution in [3.8, 4) is 0 Å². The Kier molecular flexibility index (Phi) is 27.5. The first-order valence-corrected chi connectivity index (χ1v) is 23.2. The maximum atomic E-state index is 13.5. The molecule has 382 valence electrons. The van der Waals surface area contributed by atoms with Gasteiger partial charge in [-0.25, -0.2) is 0 Å². The molecule has 0 aliphatic carbocycles. The maximum absolute atomic E-state index is 13.5. The summed E-state index contributed by atoms with van der Waals surface area (Å²) >= 11 is 0. The van der Waals surface area contributed by atoms with E-state index in [-0.39, 0.29) is 60.5 Å². The van der Waals surface area contributed by atoms with Crippen LogP contribution in [0.4, 0.5) is 5.69 Å². The van der Waals surface area contributed by atoms with Crippen molar-refractivity contribution >= 4 is 35.9 Å². The lowest BCUT2D eigenvalue weighted by atomic mass is 9.92. The molecule has 1 unspecified atom stereocenters. The molecule has 0 aromatic heterocycles. The first-order valence-electron chi connectivity index (χ1n) is 23.2. The predicted octanol–water partition coefficient (Wildman–Crippen LogP) is 5.76. The Morgan fingerprint density at radius 1 is 0.642 bits per heavy atom. The molecule has 0 amide bonds. The highest BCUT2D eigenvalue weighted by Gasteiger charge is 2.31. The SMILES string of the molecule is CC(C)(C)CN(CCN1CCN(CC(=O)OC(C)(C)C)CCN(CC(CCCc2ccc([N+](=O)[O-])cc2)N(CC(=O)OC(C)(C)C)CC(=O)OC(C)(C)C)CC1)CC(C)(C)C.O=C=O.O=C=O. The van der Waals surface area contributed by atoms with Crippen molar-refractivity contribution in [3.63, 3.8) is 0 Å². The van der Waals surface area contributed by atoms with Crippen molar-refractivity contribution in [1.29, 1.82) is 0 Å². The molecule has 18 nitrogen and oxygen atoms in total. The second-order valence-corrected chi connectivity index (χ2v) is 22.6. The second-order valence-electron chi connectivity index (χ2n) is 22.6. The molecule has 0 spiro atoms. The molecule has 1 aliphatic rings. The van der Waals surface area contributed by atoms with Crippen LogP contribution in [0.2, 0.25) is 0 Å². The first-order chi connectivity index (χ1) is 30.7. The number of carbonyl (C=O) groups is 3. The molecular weight excluding hydrogens is 865 g/mol. The number of rotatable bonds is 19. The summed E-state index contributed by atoms with van der Waals surface area (Å²) < 4.78 is 17.3. The molecule has 1 heterocycles. The number of nitrogens with zero attached hydrogens (tertiary/aromatic N) is 6. The van der Waals surface area contributed by atoms with Crippen molar-refractivity contribution in [2.45, 2.75) is 146 Å². The van der Waals surface area contributed by atoms with Gasteiger partial charge in [0.2, 0.25) is 0 Å². The third kappa shape index (κ3) is 33.7. The summed E-state index contributed by atoms with van der Waals surface area (Å²) in [6.07, 6.45) is 2.51. The minimum atomic E-state index is -0.711. The summed E-state index contributed by atoms with van der Waals surface area (Å²) in [5.74, 6) is -1.10. The normalized spacial score (nSPS) is 15.2.